The van der Waals surface area contributed by atoms with Gasteiger partial charge in [-0.2, -0.15) is 0 Å². The topological polar surface area (TPSA) is 87.3 Å². The Kier molecular flexibility index (Phi) is 11.3. The van der Waals surface area contributed by atoms with Crippen LogP contribution in [0.25, 0.3) is 17.2 Å². The van der Waals surface area contributed by atoms with Crippen molar-refractivity contribution in [2.75, 3.05) is 10.6 Å². The van der Waals surface area contributed by atoms with Gasteiger partial charge in [-0.3, -0.25) is 14.4 Å². The highest BCUT2D eigenvalue weighted by Gasteiger charge is 2.20. The molecule has 3 amide bonds. The smallest absolute Gasteiger partial charge is 0.272 e. The molecule has 8 heteroatoms. The Balaban J connectivity index is 1.33. The van der Waals surface area contributed by atoms with E-state index in [0.717, 1.165) is 27.1 Å². The van der Waals surface area contributed by atoms with Crippen LogP contribution in [0.1, 0.15) is 34.8 Å². The van der Waals surface area contributed by atoms with Crippen molar-refractivity contribution in [1.82, 2.24) is 5.32 Å². The van der Waals surface area contributed by atoms with Crippen molar-refractivity contribution in [2.24, 2.45) is 0 Å². The van der Waals surface area contributed by atoms with E-state index in [-0.39, 0.29) is 16.9 Å². The number of nitrogens with one attached hydrogen (secondary N) is 3. The summed E-state index contributed by atoms with van der Waals surface area (Å²) in [5, 5.41) is 8.87. The van der Waals surface area contributed by atoms with Crippen molar-refractivity contribution >= 4 is 58.5 Å². The van der Waals surface area contributed by atoms with Crippen LogP contribution in [-0.4, -0.2) is 23.0 Å². The molecule has 5 rings (SSSR count). The van der Waals surface area contributed by atoms with Crippen molar-refractivity contribution in [2.45, 2.75) is 30.4 Å². The summed E-state index contributed by atoms with van der Waals surface area (Å²) >= 11 is 7.64. The van der Waals surface area contributed by atoms with Gasteiger partial charge >= 0.3 is 0 Å². The van der Waals surface area contributed by atoms with Crippen LogP contribution in [0.3, 0.4) is 0 Å². The molecular weight excluding hydrogens is 626 g/mol. The maximum atomic E-state index is 13.6. The largest absolute Gasteiger partial charge is 0.325 e. The van der Waals surface area contributed by atoms with Crippen LogP contribution < -0.4 is 16.0 Å². The van der Waals surface area contributed by atoms with Gasteiger partial charge in [0.25, 0.3) is 11.8 Å². The fraction of sp³-hybridized carbons (Fsp3) is 0.103. The summed E-state index contributed by atoms with van der Waals surface area (Å²) < 4.78 is 0. The van der Waals surface area contributed by atoms with Gasteiger partial charge in [0.05, 0.1) is 5.25 Å². The fourth-order valence-corrected chi connectivity index (χ4v) is 5.93. The summed E-state index contributed by atoms with van der Waals surface area (Å²) in [7, 11) is 0. The molecule has 0 heterocycles. The number of anilines is 2. The number of benzene rings is 5. The third-order valence-corrected chi connectivity index (χ3v) is 9.10. The lowest BCUT2D eigenvalue weighted by Crippen LogP contribution is -2.30. The van der Waals surface area contributed by atoms with E-state index in [0.29, 0.717) is 28.4 Å². The van der Waals surface area contributed by atoms with Crippen LogP contribution in [-0.2, 0) is 9.59 Å². The first kappa shape index (κ1) is 33.3. The average Bonchev–Trinajstić information content (AvgIpc) is 3.09. The summed E-state index contributed by atoms with van der Waals surface area (Å²) in [5.41, 5.74) is 5.49. The zero-order chi connectivity index (χ0) is 33.2. The monoisotopic (exact) mass is 659 g/mol. The molecule has 0 aromatic heterocycles. The number of halogens is 1. The molecule has 0 radical (unpaired) electrons. The molecule has 6 nitrogen and oxygen atoms in total. The Morgan fingerprint density at radius 1 is 0.745 bits per heavy atom. The molecule has 47 heavy (non-hydrogen) atoms. The van der Waals surface area contributed by atoms with Gasteiger partial charge in [-0.15, -0.1) is 11.8 Å². The Morgan fingerprint density at radius 2 is 1.40 bits per heavy atom. The minimum absolute atomic E-state index is 0.0898. The Morgan fingerprint density at radius 3 is 2.09 bits per heavy atom. The molecular formula is C39H34ClN3O3S. The van der Waals surface area contributed by atoms with Gasteiger partial charge in [0.1, 0.15) is 5.70 Å². The molecule has 5 aromatic carbocycles. The van der Waals surface area contributed by atoms with E-state index in [1.54, 1.807) is 42.5 Å². The van der Waals surface area contributed by atoms with E-state index in [2.05, 4.69) is 16.0 Å². The Hall–Kier alpha value is -5.11. The van der Waals surface area contributed by atoms with Crippen LogP contribution in [0.15, 0.2) is 138 Å². The van der Waals surface area contributed by atoms with Gasteiger partial charge in [-0.05, 0) is 84.1 Å². The fourth-order valence-electron chi connectivity index (χ4n) is 4.74. The van der Waals surface area contributed by atoms with Gasteiger partial charge in [0, 0.05) is 26.9 Å². The number of thioether (sulfide) groups is 1. The van der Waals surface area contributed by atoms with Crippen molar-refractivity contribution in [3.63, 3.8) is 0 Å². The third kappa shape index (κ3) is 9.22. The van der Waals surface area contributed by atoms with Gasteiger partial charge in [0.2, 0.25) is 5.91 Å². The maximum absolute atomic E-state index is 13.6. The molecule has 5 aromatic rings. The van der Waals surface area contributed by atoms with Crippen LogP contribution >= 0.6 is 23.4 Å². The molecule has 3 N–H and O–H groups in total. The van der Waals surface area contributed by atoms with E-state index in [4.69, 9.17) is 11.6 Å². The summed E-state index contributed by atoms with van der Waals surface area (Å²) in [6.07, 6.45) is 2.24. The summed E-state index contributed by atoms with van der Waals surface area (Å²) in [4.78, 5) is 40.7. The first-order valence-electron chi connectivity index (χ1n) is 15.2. The van der Waals surface area contributed by atoms with Crippen molar-refractivity contribution in [3.8, 4) is 11.1 Å². The summed E-state index contributed by atoms with van der Waals surface area (Å²) in [6, 6.07) is 39.2. The maximum Gasteiger partial charge on any atom is 0.272 e. The van der Waals surface area contributed by atoms with Crippen LogP contribution in [0.4, 0.5) is 11.4 Å². The number of amides is 3. The molecule has 0 fully saturated rings. The second kappa shape index (κ2) is 15.9. The molecule has 0 bridgehead atoms. The molecule has 0 aliphatic heterocycles. The molecule has 1 unspecified atom stereocenters. The highest BCUT2D eigenvalue weighted by molar-refractivity contribution is 8.00. The average molecular weight is 660 g/mol. The number of carbonyl (C=O) groups is 3. The molecule has 0 aliphatic rings. The van der Waals surface area contributed by atoms with Gasteiger partial charge in [0.15, 0.2) is 0 Å². The second-order valence-electron chi connectivity index (χ2n) is 10.8. The minimum atomic E-state index is -0.482. The molecule has 0 saturated carbocycles. The highest BCUT2D eigenvalue weighted by Crippen LogP contribution is 2.29. The Bertz CT molecular complexity index is 1890. The molecule has 1 atom stereocenters. The number of hydrogen-bond donors (Lipinski definition) is 3. The van der Waals surface area contributed by atoms with Gasteiger partial charge in [-0.1, -0.05) is 103 Å². The van der Waals surface area contributed by atoms with E-state index in [1.165, 1.54) is 11.8 Å². The zero-order valence-corrected chi connectivity index (χ0v) is 27.6. The van der Waals surface area contributed by atoms with Crippen molar-refractivity contribution in [1.29, 1.82) is 0 Å². The highest BCUT2D eigenvalue weighted by atomic mass is 35.5. The lowest BCUT2D eigenvalue weighted by Gasteiger charge is -2.16. The van der Waals surface area contributed by atoms with Crippen LogP contribution in [0.5, 0.6) is 0 Å². The number of carbonyl (C=O) groups excluding carboxylic acids is 3. The quantitative estimate of drug-likeness (QED) is 0.0974. The van der Waals surface area contributed by atoms with Crippen molar-refractivity contribution < 1.29 is 14.4 Å². The van der Waals surface area contributed by atoms with E-state index in [1.807, 2.05) is 105 Å². The standard InChI is InChI=1S/C39H34ClN3O3S/c1-3-36(39(46)42-32-22-17-26(2)34(40)25-32)47-33-16-10-15-31(24-33)41-38(45)35(43-37(44)30-13-8-5-9-14-30)23-27-18-20-29(21-19-27)28-11-6-4-7-12-28/h4-25,36H,3H2,1-2H3,(H,41,45)(H,42,46)(H,43,44)/b35-23+. The first-order chi connectivity index (χ1) is 22.8. The summed E-state index contributed by atoms with van der Waals surface area (Å²) in [5.74, 6) is -1.02. The van der Waals surface area contributed by atoms with E-state index >= 15 is 0 Å². The second-order valence-corrected chi connectivity index (χ2v) is 12.5. The predicted molar refractivity (Wildman–Crippen MR) is 194 cm³/mol. The minimum Gasteiger partial charge on any atom is -0.325 e. The normalized spacial score (nSPS) is 11.8. The number of rotatable bonds is 11. The Labute approximate surface area is 284 Å². The number of aryl methyl sites for hydroxylation is 1. The van der Waals surface area contributed by atoms with Crippen LogP contribution in [0.2, 0.25) is 5.02 Å². The van der Waals surface area contributed by atoms with E-state index in [9.17, 15) is 14.4 Å². The summed E-state index contributed by atoms with van der Waals surface area (Å²) in [6.45, 7) is 3.85. The number of hydrogen-bond acceptors (Lipinski definition) is 4. The third-order valence-electron chi connectivity index (χ3n) is 7.33. The van der Waals surface area contributed by atoms with Crippen molar-refractivity contribution in [3.05, 3.63) is 155 Å². The molecule has 236 valence electrons. The lowest BCUT2D eigenvalue weighted by atomic mass is 10.0. The molecule has 0 aliphatic carbocycles. The zero-order valence-electron chi connectivity index (χ0n) is 26.0. The molecule has 0 saturated heterocycles. The van der Waals surface area contributed by atoms with Gasteiger partial charge < -0.3 is 16.0 Å². The lowest BCUT2D eigenvalue weighted by molar-refractivity contribution is -0.116. The SMILES string of the molecule is CCC(Sc1cccc(NC(=O)/C(=C\c2ccc(-c3ccccc3)cc2)NC(=O)c2ccccc2)c1)C(=O)Nc1ccc(C)c(Cl)c1. The predicted octanol–water partition coefficient (Wildman–Crippen LogP) is 9.23. The van der Waals surface area contributed by atoms with E-state index < -0.39 is 11.8 Å². The van der Waals surface area contributed by atoms with Crippen LogP contribution in [0, 0.1) is 6.92 Å². The van der Waals surface area contributed by atoms with Gasteiger partial charge in [-0.25, -0.2) is 0 Å². The molecule has 0 spiro atoms. The first-order valence-corrected chi connectivity index (χ1v) is 16.4.